The first-order valence-corrected chi connectivity index (χ1v) is 5.20. The maximum atomic E-state index is 9.07. The van der Waals surface area contributed by atoms with E-state index in [1.54, 1.807) is 11.8 Å². The third-order valence-corrected chi connectivity index (χ3v) is 2.83. The van der Waals surface area contributed by atoms with Crippen LogP contribution in [0.1, 0.15) is 11.1 Å². The van der Waals surface area contributed by atoms with E-state index in [0.717, 1.165) is 16.0 Å². The van der Waals surface area contributed by atoms with E-state index in [4.69, 9.17) is 10.2 Å². The molecule has 13 heavy (non-hydrogen) atoms. The lowest BCUT2D eigenvalue weighted by molar-refractivity contribution is 0.278. The smallest absolute Gasteiger partial charge is 0.0692 e. The van der Waals surface area contributed by atoms with Gasteiger partial charge in [0.25, 0.3) is 0 Å². The van der Waals surface area contributed by atoms with Gasteiger partial charge in [0, 0.05) is 10.6 Å². The third kappa shape index (κ3) is 3.03. The molecule has 0 aliphatic carbocycles. The highest BCUT2D eigenvalue weighted by Crippen LogP contribution is 2.23. The highest BCUT2D eigenvalue weighted by Gasteiger charge is 2.01. The number of hydrogen-bond donors (Lipinski definition) is 2. The minimum Gasteiger partial charge on any atom is -0.396 e. The van der Waals surface area contributed by atoms with Gasteiger partial charge < -0.3 is 10.2 Å². The fourth-order valence-corrected chi connectivity index (χ4v) is 1.91. The molecule has 0 bridgehead atoms. The predicted molar refractivity (Wildman–Crippen MR) is 54.9 cm³/mol. The lowest BCUT2D eigenvalue weighted by Crippen LogP contribution is -1.92. The monoisotopic (exact) mass is 198 g/mol. The summed E-state index contributed by atoms with van der Waals surface area (Å²) in [7, 11) is 0. The molecular formula is C10H14O2S. The van der Waals surface area contributed by atoms with Crippen LogP contribution in [0.5, 0.6) is 0 Å². The lowest BCUT2D eigenvalue weighted by Gasteiger charge is -2.06. The standard InChI is InChI=1S/C10H14O2S/c1-8-2-3-10(13-5-4-11)9(6-8)7-12/h2-3,6,11-12H,4-5,7H2,1H3. The van der Waals surface area contributed by atoms with E-state index in [0.29, 0.717) is 5.75 Å². The van der Waals surface area contributed by atoms with Gasteiger partial charge in [0.05, 0.1) is 13.2 Å². The number of aryl methyl sites for hydroxylation is 1. The summed E-state index contributed by atoms with van der Waals surface area (Å²) in [4.78, 5) is 1.06. The molecule has 0 unspecified atom stereocenters. The Morgan fingerprint density at radius 2 is 2.08 bits per heavy atom. The van der Waals surface area contributed by atoms with Crippen molar-refractivity contribution in [1.29, 1.82) is 0 Å². The second-order valence-electron chi connectivity index (χ2n) is 2.84. The van der Waals surface area contributed by atoms with Gasteiger partial charge in [-0.1, -0.05) is 17.7 Å². The molecule has 1 aromatic rings. The average molecular weight is 198 g/mol. The molecule has 0 spiro atoms. The van der Waals surface area contributed by atoms with Crippen molar-refractivity contribution in [1.82, 2.24) is 0 Å². The molecule has 0 aliphatic heterocycles. The Hall–Kier alpha value is -0.510. The zero-order valence-electron chi connectivity index (χ0n) is 7.66. The molecular weight excluding hydrogens is 184 g/mol. The summed E-state index contributed by atoms with van der Waals surface area (Å²) in [6.07, 6.45) is 0. The number of aliphatic hydroxyl groups is 2. The highest BCUT2D eigenvalue weighted by molar-refractivity contribution is 7.99. The van der Waals surface area contributed by atoms with Crippen LogP contribution in [0.4, 0.5) is 0 Å². The van der Waals surface area contributed by atoms with Gasteiger partial charge in [0.1, 0.15) is 0 Å². The second kappa shape index (κ2) is 5.27. The van der Waals surface area contributed by atoms with Crippen molar-refractivity contribution in [3.05, 3.63) is 29.3 Å². The summed E-state index contributed by atoms with van der Waals surface area (Å²) in [6, 6.07) is 5.97. The number of rotatable bonds is 4. The van der Waals surface area contributed by atoms with Gasteiger partial charge in [-0.05, 0) is 18.6 Å². The average Bonchev–Trinajstić information content (AvgIpc) is 2.16. The van der Waals surface area contributed by atoms with Crippen LogP contribution in [0.3, 0.4) is 0 Å². The summed E-state index contributed by atoms with van der Waals surface area (Å²) >= 11 is 1.57. The first kappa shape index (κ1) is 10.6. The maximum absolute atomic E-state index is 9.07. The minimum absolute atomic E-state index is 0.0649. The molecule has 0 amide bonds. The predicted octanol–water partition coefficient (Wildman–Crippen LogP) is 1.57. The highest BCUT2D eigenvalue weighted by atomic mass is 32.2. The van der Waals surface area contributed by atoms with Gasteiger partial charge in [-0.15, -0.1) is 11.8 Å². The topological polar surface area (TPSA) is 40.5 Å². The van der Waals surface area contributed by atoms with Crippen LogP contribution in [-0.2, 0) is 6.61 Å². The fourth-order valence-electron chi connectivity index (χ4n) is 1.13. The van der Waals surface area contributed by atoms with Crippen molar-refractivity contribution in [3.63, 3.8) is 0 Å². The van der Waals surface area contributed by atoms with E-state index >= 15 is 0 Å². The van der Waals surface area contributed by atoms with Gasteiger partial charge in [-0.25, -0.2) is 0 Å². The van der Waals surface area contributed by atoms with E-state index in [2.05, 4.69) is 0 Å². The molecule has 0 fully saturated rings. The first-order chi connectivity index (χ1) is 6.27. The van der Waals surface area contributed by atoms with E-state index in [9.17, 15) is 0 Å². The van der Waals surface area contributed by atoms with Crippen LogP contribution in [0, 0.1) is 6.92 Å². The molecule has 0 saturated carbocycles. The van der Waals surface area contributed by atoms with Gasteiger partial charge in [-0.2, -0.15) is 0 Å². The Morgan fingerprint density at radius 3 is 2.69 bits per heavy atom. The van der Waals surface area contributed by atoms with Crippen molar-refractivity contribution in [2.24, 2.45) is 0 Å². The molecule has 0 radical (unpaired) electrons. The molecule has 1 aromatic carbocycles. The SMILES string of the molecule is Cc1ccc(SCCO)c(CO)c1. The maximum Gasteiger partial charge on any atom is 0.0692 e. The van der Waals surface area contributed by atoms with Gasteiger partial charge in [0.2, 0.25) is 0 Å². The van der Waals surface area contributed by atoms with Gasteiger partial charge in [0.15, 0.2) is 0 Å². The van der Waals surface area contributed by atoms with Crippen LogP contribution >= 0.6 is 11.8 Å². The zero-order valence-corrected chi connectivity index (χ0v) is 8.47. The number of thioether (sulfide) groups is 1. The third-order valence-electron chi connectivity index (χ3n) is 1.74. The summed E-state index contributed by atoms with van der Waals surface area (Å²) < 4.78 is 0. The second-order valence-corrected chi connectivity index (χ2v) is 3.98. The Kier molecular flexibility index (Phi) is 4.28. The van der Waals surface area contributed by atoms with E-state index < -0.39 is 0 Å². The van der Waals surface area contributed by atoms with Crippen LogP contribution in [0.15, 0.2) is 23.1 Å². The summed E-state index contributed by atoms with van der Waals surface area (Å²) in [5.74, 6) is 0.677. The van der Waals surface area contributed by atoms with Gasteiger partial charge in [-0.3, -0.25) is 0 Å². The molecule has 2 nitrogen and oxygen atoms in total. The fraction of sp³-hybridized carbons (Fsp3) is 0.400. The molecule has 0 heterocycles. The summed E-state index contributed by atoms with van der Waals surface area (Å²) in [6.45, 7) is 2.23. The quantitative estimate of drug-likeness (QED) is 0.721. The van der Waals surface area contributed by atoms with Crippen molar-refractivity contribution in [2.45, 2.75) is 18.4 Å². The normalized spacial score (nSPS) is 10.4. The number of aliphatic hydroxyl groups excluding tert-OH is 2. The van der Waals surface area contributed by atoms with Crippen molar-refractivity contribution < 1.29 is 10.2 Å². The summed E-state index contributed by atoms with van der Waals surface area (Å²) in [5, 5.41) is 17.7. The zero-order chi connectivity index (χ0) is 9.68. The van der Waals surface area contributed by atoms with Crippen LogP contribution in [0.2, 0.25) is 0 Å². The Labute approximate surface area is 82.6 Å². The van der Waals surface area contributed by atoms with Crippen molar-refractivity contribution in [2.75, 3.05) is 12.4 Å². The van der Waals surface area contributed by atoms with E-state index in [1.165, 1.54) is 0 Å². The van der Waals surface area contributed by atoms with Crippen LogP contribution in [-0.4, -0.2) is 22.6 Å². The lowest BCUT2D eigenvalue weighted by atomic mass is 10.1. The van der Waals surface area contributed by atoms with Crippen LogP contribution < -0.4 is 0 Å². The molecule has 0 aromatic heterocycles. The molecule has 3 heteroatoms. The minimum atomic E-state index is 0.0649. The van der Waals surface area contributed by atoms with Crippen molar-refractivity contribution in [3.8, 4) is 0 Å². The Bertz CT molecular complexity index is 274. The molecule has 72 valence electrons. The van der Waals surface area contributed by atoms with Gasteiger partial charge >= 0.3 is 0 Å². The number of benzene rings is 1. The molecule has 1 rings (SSSR count). The molecule has 2 N–H and O–H groups in total. The Balaban J connectivity index is 2.79. The summed E-state index contributed by atoms with van der Waals surface area (Å²) in [5.41, 5.74) is 2.09. The van der Waals surface area contributed by atoms with Crippen molar-refractivity contribution >= 4 is 11.8 Å². The largest absolute Gasteiger partial charge is 0.396 e. The first-order valence-electron chi connectivity index (χ1n) is 4.22. The molecule has 0 saturated heterocycles. The van der Waals surface area contributed by atoms with Crippen LogP contribution in [0.25, 0.3) is 0 Å². The molecule has 0 aliphatic rings. The molecule has 0 atom stereocenters. The van der Waals surface area contributed by atoms with E-state index in [1.807, 2.05) is 25.1 Å². The van der Waals surface area contributed by atoms with E-state index in [-0.39, 0.29) is 13.2 Å². The number of hydrogen-bond acceptors (Lipinski definition) is 3. The Morgan fingerprint density at radius 1 is 1.31 bits per heavy atom.